The van der Waals surface area contributed by atoms with E-state index in [0.29, 0.717) is 17.1 Å². The molecule has 0 saturated carbocycles. The molecule has 2 aliphatic heterocycles. The van der Waals surface area contributed by atoms with Crippen molar-refractivity contribution < 1.29 is 4.79 Å². The molecular formula is C15H21Cl2N3O. The quantitative estimate of drug-likeness (QED) is 0.872. The van der Waals surface area contributed by atoms with Crippen molar-refractivity contribution in [2.45, 2.75) is 43.8 Å². The number of hydrogen-bond acceptors (Lipinski definition) is 2. The van der Waals surface area contributed by atoms with Crippen molar-refractivity contribution in [2.24, 2.45) is 0 Å². The van der Waals surface area contributed by atoms with E-state index in [4.69, 9.17) is 11.6 Å². The lowest BCUT2D eigenvalue weighted by Crippen LogP contribution is -2.49. The molecule has 21 heavy (non-hydrogen) atoms. The largest absolute Gasteiger partial charge is 0.335 e. The summed E-state index contributed by atoms with van der Waals surface area (Å²) >= 11 is 5.82. The van der Waals surface area contributed by atoms with Crippen LogP contribution in [0.15, 0.2) is 24.3 Å². The van der Waals surface area contributed by atoms with Gasteiger partial charge < -0.3 is 15.5 Å². The number of hydrogen-bond donors (Lipinski definition) is 2. The molecule has 2 fully saturated rings. The summed E-state index contributed by atoms with van der Waals surface area (Å²) in [5, 5.41) is 6.62. The Hall–Kier alpha value is -0.970. The van der Waals surface area contributed by atoms with E-state index in [0.717, 1.165) is 18.5 Å². The molecule has 6 heteroatoms. The number of halogens is 2. The van der Waals surface area contributed by atoms with Crippen molar-refractivity contribution in [1.29, 1.82) is 0 Å². The number of carbonyl (C=O) groups excluding carboxylic acids is 1. The summed E-state index contributed by atoms with van der Waals surface area (Å²) in [5.74, 6) is 0. The molecule has 2 unspecified atom stereocenters. The fourth-order valence-corrected chi connectivity index (χ4v) is 3.54. The third-order valence-electron chi connectivity index (χ3n) is 4.54. The summed E-state index contributed by atoms with van der Waals surface area (Å²) in [4.78, 5) is 14.5. The van der Waals surface area contributed by atoms with Gasteiger partial charge in [-0.15, -0.1) is 12.4 Å². The Kier molecular flexibility index (Phi) is 5.36. The van der Waals surface area contributed by atoms with Crippen LogP contribution in [0.25, 0.3) is 0 Å². The molecule has 116 valence electrons. The minimum absolute atomic E-state index is 0. The molecule has 1 aromatic rings. The van der Waals surface area contributed by atoms with Crippen molar-refractivity contribution in [2.75, 3.05) is 12.4 Å². The molecule has 2 N–H and O–H groups in total. The fourth-order valence-electron chi connectivity index (χ4n) is 3.42. The van der Waals surface area contributed by atoms with E-state index in [1.54, 1.807) is 24.3 Å². The summed E-state index contributed by atoms with van der Waals surface area (Å²) in [7, 11) is 2.20. The molecule has 0 radical (unpaired) electrons. The van der Waals surface area contributed by atoms with Gasteiger partial charge in [-0.25, -0.2) is 4.79 Å². The molecule has 0 aliphatic carbocycles. The summed E-state index contributed by atoms with van der Waals surface area (Å²) in [6.07, 6.45) is 4.64. The van der Waals surface area contributed by atoms with Crippen LogP contribution < -0.4 is 10.6 Å². The number of amides is 2. The van der Waals surface area contributed by atoms with Gasteiger partial charge in [-0.05, 0) is 57.0 Å². The lowest BCUT2D eigenvalue weighted by Gasteiger charge is -2.36. The highest BCUT2D eigenvalue weighted by molar-refractivity contribution is 6.30. The minimum atomic E-state index is -0.124. The number of fused-ring (bicyclic) bond motifs is 2. The highest BCUT2D eigenvalue weighted by Crippen LogP contribution is 2.34. The second kappa shape index (κ2) is 6.86. The van der Waals surface area contributed by atoms with Crippen LogP contribution >= 0.6 is 24.0 Å². The van der Waals surface area contributed by atoms with Gasteiger partial charge in [0.05, 0.1) is 0 Å². The van der Waals surface area contributed by atoms with E-state index in [1.807, 2.05) is 0 Å². The molecular weight excluding hydrogens is 309 g/mol. The van der Waals surface area contributed by atoms with Crippen LogP contribution in [0.1, 0.15) is 25.7 Å². The second-order valence-electron chi connectivity index (χ2n) is 5.82. The van der Waals surface area contributed by atoms with Gasteiger partial charge in [0.1, 0.15) is 0 Å². The van der Waals surface area contributed by atoms with E-state index in [9.17, 15) is 4.79 Å². The Balaban J connectivity index is 0.00000161. The van der Waals surface area contributed by atoms with Crippen molar-refractivity contribution in [3.8, 4) is 0 Å². The van der Waals surface area contributed by atoms with Crippen molar-refractivity contribution in [3.63, 3.8) is 0 Å². The zero-order valence-electron chi connectivity index (χ0n) is 12.0. The van der Waals surface area contributed by atoms with Crippen molar-refractivity contribution in [1.82, 2.24) is 10.2 Å². The highest BCUT2D eigenvalue weighted by Gasteiger charge is 2.38. The fraction of sp³-hybridized carbons (Fsp3) is 0.533. The van der Waals surface area contributed by atoms with E-state index >= 15 is 0 Å². The van der Waals surface area contributed by atoms with Crippen LogP contribution in [0.5, 0.6) is 0 Å². The maximum absolute atomic E-state index is 12.0. The topological polar surface area (TPSA) is 44.4 Å². The maximum atomic E-state index is 12.0. The lowest BCUT2D eigenvalue weighted by atomic mass is 9.98. The smallest absolute Gasteiger partial charge is 0.319 e. The summed E-state index contributed by atoms with van der Waals surface area (Å²) < 4.78 is 0. The number of urea groups is 1. The summed E-state index contributed by atoms with van der Waals surface area (Å²) in [6, 6.07) is 8.59. The highest BCUT2D eigenvalue weighted by atomic mass is 35.5. The van der Waals surface area contributed by atoms with E-state index in [1.165, 1.54) is 12.8 Å². The molecule has 0 spiro atoms. The van der Waals surface area contributed by atoms with Crippen LogP contribution in [-0.4, -0.2) is 36.1 Å². The first-order valence-corrected chi connectivity index (χ1v) is 7.54. The zero-order valence-corrected chi connectivity index (χ0v) is 13.6. The molecule has 0 aromatic heterocycles. The Morgan fingerprint density at radius 1 is 1.19 bits per heavy atom. The number of benzene rings is 1. The predicted octanol–water partition coefficient (Wildman–Crippen LogP) is 3.51. The average Bonchev–Trinajstić information content (AvgIpc) is 2.64. The van der Waals surface area contributed by atoms with Gasteiger partial charge in [0.25, 0.3) is 0 Å². The Morgan fingerprint density at radius 2 is 1.76 bits per heavy atom. The van der Waals surface area contributed by atoms with Crippen LogP contribution in [0, 0.1) is 0 Å². The van der Waals surface area contributed by atoms with Crippen LogP contribution in [0.2, 0.25) is 5.02 Å². The molecule has 2 aliphatic rings. The van der Waals surface area contributed by atoms with Gasteiger partial charge >= 0.3 is 6.03 Å². The number of rotatable bonds is 2. The Morgan fingerprint density at radius 3 is 2.33 bits per heavy atom. The van der Waals surface area contributed by atoms with Gasteiger partial charge in [-0.2, -0.15) is 0 Å². The molecule has 2 atom stereocenters. The maximum Gasteiger partial charge on any atom is 0.319 e. The molecule has 2 heterocycles. The van der Waals surface area contributed by atoms with E-state index < -0.39 is 0 Å². The normalized spacial score (nSPS) is 27.8. The standard InChI is InChI=1S/C15H20ClN3O.ClH/c1-19-13-6-7-14(19)9-12(8-13)18-15(20)17-11-4-2-10(16)3-5-11;/h2-5,12-14H,6-9H2,1H3,(H2,17,18,20);1H. The first-order valence-electron chi connectivity index (χ1n) is 7.17. The molecule has 1 aromatic carbocycles. The third-order valence-corrected chi connectivity index (χ3v) is 4.79. The van der Waals surface area contributed by atoms with Gasteiger partial charge in [-0.3, -0.25) is 0 Å². The van der Waals surface area contributed by atoms with Gasteiger partial charge in [-0.1, -0.05) is 11.6 Å². The first kappa shape index (κ1) is 16.4. The Labute approximate surface area is 136 Å². The lowest BCUT2D eigenvalue weighted by molar-refractivity contribution is 0.151. The van der Waals surface area contributed by atoms with Crippen LogP contribution in [0.3, 0.4) is 0 Å². The van der Waals surface area contributed by atoms with E-state index in [-0.39, 0.29) is 24.5 Å². The number of anilines is 1. The minimum Gasteiger partial charge on any atom is -0.335 e. The summed E-state index contributed by atoms with van der Waals surface area (Å²) in [5.41, 5.74) is 0.766. The van der Waals surface area contributed by atoms with Crippen molar-refractivity contribution >= 4 is 35.7 Å². The predicted molar refractivity (Wildman–Crippen MR) is 88.4 cm³/mol. The number of nitrogens with zero attached hydrogens (tertiary/aromatic N) is 1. The third kappa shape index (κ3) is 3.82. The zero-order chi connectivity index (χ0) is 14.1. The number of piperidine rings is 1. The molecule has 3 rings (SSSR count). The molecule has 4 nitrogen and oxygen atoms in total. The SMILES string of the molecule is CN1C2CCC1CC(NC(=O)Nc1ccc(Cl)cc1)C2.Cl. The molecule has 2 saturated heterocycles. The van der Waals surface area contributed by atoms with E-state index in [2.05, 4.69) is 22.6 Å². The number of nitrogens with one attached hydrogen (secondary N) is 2. The molecule has 2 amide bonds. The van der Waals surface area contributed by atoms with Gasteiger partial charge in [0, 0.05) is 28.8 Å². The Bertz CT molecular complexity index is 480. The van der Waals surface area contributed by atoms with Crippen LogP contribution in [0.4, 0.5) is 10.5 Å². The van der Waals surface area contributed by atoms with Gasteiger partial charge in [0.2, 0.25) is 0 Å². The number of carbonyl (C=O) groups is 1. The monoisotopic (exact) mass is 329 g/mol. The first-order chi connectivity index (χ1) is 9.61. The van der Waals surface area contributed by atoms with Crippen LogP contribution in [-0.2, 0) is 0 Å². The second-order valence-corrected chi connectivity index (χ2v) is 6.26. The van der Waals surface area contributed by atoms with Gasteiger partial charge in [0.15, 0.2) is 0 Å². The summed E-state index contributed by atoms with van der Waals surface area (Å²) in [6.45, 7) is 0. The molecule has 2 bridgehead atoms. The van der Waals surface area contributed by atoms with Crippen molar-refractivity contribution in [3.05, 3.63) is 29.3 Å². The average molecular weight is 330 g/mol.